The van der Waals surface area contributed by atoms with E-state index in [1.54, 1.807) is 0 Å². The minimum absolute atomic E-state index is 1.10. The topological polar surface area (TPSA) is 3.24 Å². The molecule has 294 valence electrons. The predicted molar refractivity (Wildman–Crippen MR) is 270 cm³/mol. The second kappa shape index (κ2) is 15.3. The van der Waals surface area contributed by atoms with Crippen molar-refractivity contribution in [1.82, 2.24) is 0 Å². The van der Waals surface area contributed by atoms with E-state index in [-0.39, 0.29) is 0 Å². The fraction of sp³-hybridized carbons (Fsp3) is 0. The van der Waals surface area contributed by atoms with Crippen molar-refractivity contribution in [2.45, 2.75) is 0 Å². The largest absolute Gasteiger partial charge is 0.310 e. The van der Waals surface area contributed by atoms with Gasteiger partial charge >= 0.3 is 0 Å². The second-order valence-corrected chi connectivity index (χ2v) is 16.4. The zero-order valence-corrected chi connectivity index (χ0v) is 34.6. The van der Waals surface area contributed by atoms with Crippen LogP contribution in [-0.4, -0.2) is 0 Å². The number of rotatable bonds is 7. The third-order valence-corrected chi connectivity index (χ3v) is 12.8. The average Bonchev–Trinajstić information content (AvgIpc) is 3.36. The Bertz CT molecular complexity index is 3660. The fourth-order valence-electron chi connectivity index (χ4n) is 9.82. The van der Waals surface area contributed by atoms with Gasteiger partial charge in [0.1, 0.15) is 0 Å². The highest BCUT2D eigenvalue weighted by molar-refractivity contribution is 6.22. The van der Waals surface area contributed by atoms with Crippen LogP contribution in [0.25, 0.3) is 98.4 Å². The van der Waals surface area contributed by atoms with E-state index in [1.165, 1.54) is 92.8 Å². The van der Waals surface area contributed by atoms with Crippen molar-refractivity contribution in [3.8, 4) is 44.5 Å². The van der Waals surface area contributed by atoms with Gasteiger partial charge < -0.3 is 4.90 Å². The highest BCUT2D eigenvalue weighted by Crippen LogP contribution is 2.47. The smallest absolute Gasteiger partial charge is 0.0540 e. The van der Waals surface area contributed by atoms with Gasteiger partial charge in [0, 0.05) is 16.8 Å². The van der Waals surface area contributed by atoms with Crippen molar-refractivity contribution in [3.05, 3.63) is 249 Å². The predicted octanol–water partition coefficient (Wildman–Crippen LogP) is 17.6. The molecule has 12 rings (SSSR count). The van der Waals surface area contributed by atoms with Crippen LogP contribution in [0.2, 0.25) is 0 Å². The maximum atomic E-state index is 2.43. The molecular weight excluding hydrogens is 759 g/mol. The lowest BCUT2D eigenvalue weighted by molar-refractivity contribution is 1.30. The van der Waals surface area contributed by atoms with Crippen molar-refractivity contribution in [3.63, 3.8) is 0 Å². The summed E-state index contributed by atoms with van der Waals surface area (Å²) in [5.41, 5.74) is 13.0. The molecule has 12 aromatic carbocycles. The minimum Gasteiger partial charge on any atom is -0.310 e. The van der Waals surface area contributed by atoms with Crippen LogP contribution in [-0.2, 0) is 0 Å². The molecule has 0 bridgehead atoms. The molecule has 0 aliphatic heterocycles. The van der Waals surface area contributed by atoms with Gasteiger partial charge in [0.25, 0.3) is 0 Å². The van der Waals surface area contributed by atoms with Crippen molar-refractivity contribution in [2.75, 3.05) is 4.90 Å². The Hall–Kier alpha value is -8.26. The van der Waals surface area contributed by atoms with Crippen molar-refractivity contribution >= 4 is 70.9 Å². The van der Waals surface area contributed by atoms with Crippen LogP contribution in [0.5, 0.6) is 0 Å². The Morgan fingerprint density at radius 2 is 0.698 bits per heavy atom. The molecule has 0 unspecified atom stereocenters. The molecule has 0 fully saturated rings. The van der Waals surface area contributed by atoms with E-state index in [2.05, 4.69) is 254 Å². The van der Waals surface area contributed by atoms with Gasteiger partial charge in [0.2, 0.25) is 0 Å². The van der Waals surface area contributed by atoms with Crippen molar-refractivity contribution < 1.29 is 0 Å². The molecular formula is C62H41N. The average molecular weight is 800 g/mol. The van der Waals surface area contributed by atoms with E-state index in [1.807, 2.05) is 0 Å². The summed E-state index contributed by atoms with van der Waals surface area (Å²) in [5.74, 6) is 0. The first-order valence-corrected chi connectivity index (χ1v) is 21.7. The lowest BCUT2D eigenvalue weighted by Gasteiger charge is -2.28. The highest BCUT2D eigenvalue weighted by atomic mass is 15.1. The number of fused-ring (bicyclic) bond motifs is 7. The molecule has 0 aliphatic carbocycles. The summed E-state index contributed by atoms with van der Waals surface area (Å²) >= 11 is 0. The van der Waals surface area contributed by atoms with E-state index in [0.717, 1.165) is 22.6 Å². The lowest BCUT2D eigenvalue weighted by atomic mass is 9.84. The Morgan fingerprint density at radius 1 is 0.206 bits per heavy atom. The maximum Gasteiger partial charge on any atom is 0.0540 e. The van der Waals surface area contributed by atoms with Crippen LogP contribution >= 0.6 is 0 Å². The van der Waals surface area contributed by atoms with Crippen LogP contribution < -0.4 is 4.90 Å². The summed E-state index contributed by atoms with van der Waals surface area (Å²) in [6.45, 7) is 0. The van der Waals surface area contributed by atoms with Gasteiger partial charge in [-0.3, -0.25) is 0 Å². The Balaban J connectivity index is 1.05. The molecule has 1 nitrogen and oxygen atoms in total. The number of benzene rings is 12. The first-order valence-electron chi connectivity index (χ1n) is 21.7. The zero-order chi connectivity index (χ0) is 41.7. The van der Waals surface area contributed by atoms with Crippen molar-refractivity contribution in [1.29, 1.82) is 0 Å². The molecule has 0 radical (unpaired) electrons. The molecule has 0 atom stereocenters. The second-order valence-electron chi connectivity index (χ2n) is 16.4. The van der Waals surface area contributed by atoms with Gasteiger partial charge in [-0.1, -0.05) is 206 Å². The molecule has 0 amide bonds. The first kappa shape index (κ1) is 36.6. The van der Waals surface area contributed by atoms with Gasteiger partial charge in [-0.2, -0.15) is 0 Å². The molecule has 12 aromatic rings. The van der Waals surface area contributed by atoms with Crippen LogP contribution in [0, 0.1) is 0 Å². The van der Waals surface area contributed by atoms with E-state index in [0.29, 0.717) is 0 Å². The summed E-state index contributed by atoms with van der Waals surface area (Å²) in [4.78, 5) is 2.43. The molecule has 0 N–H and O–H groups in total. The minimum atomic E-state index is 1.10. The zero-order valence-electron chi connectivity index (χ0n) is 34.6. The first-order chi connectivity index (χ1) is 31.2. The Kier molecular flexibility index (Phi) is 8.90. The van der Waals surface area contributed by atoms with Crippen LogP contribution in [0.1, 0.15) is 0 Å². The summed E-state index contributed by atoms with van der Waals surface area (Å²) in [6.07, 6.45) is 0. The number of hydrogen-bond donors (Lipinski definition) is 0. The van der Waals surface area contributed by atoms with E-state index in [4.69, 9.17) is 0 Å². The molecule has 0 saturated carbocycles. The maximum absolute atomic E-state index is 2.43. The molecule has 0 saturated heterocycles. The normalized spacial score (nSPS) is 11.5. The number of anilines is 3. The summed E-state index contributed by atoms with van der Waals surface area (Å²) in [7, 11) is 0. The lowest BCUT2D eigenvalue weighted by Crippen LogP contribution is -2.10. The van der Waals surface area contributed by atoms with Gasteiger partial charge in [-0.05, 0) is 135 Å². The highest BCUT2D eigenvalue weighted by Gasteiger charge is 2.20. The van der Waals surface area contributed by atoms with E-state index in [9.17, 15) is 0 Å². The van der Waals surface area contributed by atoms with E-state index < -0.39 is 0 Å². The van der Waals surface area contributed by atoms with Crippen molar-refractivity contribution in [2.24, 2.45) is 0 Å². The molecule has 0 heterocycles. The van der Waals surface area contributed by atoms with Gasteiger partial charge in [0.15, 0.2) is 0 Å². The summed E-state index contributed by atoms with van der Waals surface area (Å²) in [6, 6.07) is 91.1. The van der Waals surface area contributed by atoms with Gasteiger partial charge in [0.05, 0.1) is 5.69 Å². The summed E-state index contributed by atoms with van der Waals surface area (Å²) < 4.78 is 0. The Labute approximate surface area is 367 Å². The fourth-order valence-corrected chi connectivity index (χ4v) is 9.82. The summed E-state index contributed by atoms with van der Waals surface area (Å²) in [5, 5.41) is 12.4. The molecule has 0 spiro atoms. The monoisotopic (exact) mass is 799 g/mol. The molecule has 0 aliphatic rings. The molecule has 1 heteroatoms. The van der Waals surface area contributed by atoms with Crippen LogP contribution in [0.3, 0.4) is 0 Å². The quantitative estimate of drug-likeness (QED) is 0.145. The van der Waals surface area contributed by atoms with Crippen LogP contribution in [0.15, 0.2) is 249 Å². The van der Waals surface area contributed by atoms with Gasteiger partial charge in [-0.15, -0.1) is 0 Å². The third-order valence-electron chi connectivity index (χ3n) is 12.8. The van der Waals surface area contributed by atoms with Gasteiger partial charge in [-0.25, -0.2) is 0 Å². The third kappa shape index (κ3) is 6.42. The van der Waals surface area contributed by atoms with Crippen LogP contribution in [0.4, 0.5) is 17.1 Å². The molecule has 0 aromatic heterocycles. The molecule has 63 heavy (non-hydrogen) atoms. The SMILES string of the molecule is c1ccc(-c2c(-c3ccccc3)c3cc(-c4cccc(N(c5ccc(-c6ccc7ccccc7c6)cc5)c5cccc6c5ccc5ccccc56)c4)ccc3c3ccccc23)cc1. The number of nitrogens with zero attached hydrogens (tertiary/aromatic N) is 1. The standard InChI is InChI=1S/C62H41N/c1-3-17-45(18-4-1)61-58-26-12-11-25-55(58)56-37-34-50(41-59(56)62(61)46-19-5-2-6-20-46)48-22-13-23-52(40-48)63(60-28-14-27-54-53-24-10-9-16-44(53)33-38-57(54)60)51-35-31-43(32-36-51)49-30-29-42-15-7-8-21-47(42)39-49/h1-41H. The Morgan fingerprint density at radius 3 is 1.48 bits per heavy atom. The number of hydrogen-bond acceptors (Lipinski definition) is 1. The van der Waals surface area contributed by atoms with E-state index >= 15 is 0 Å².